The van der Waals surface area contributed by atoms with Crippen LogP contribution in [0.15, 0.2) is 12.3 Å². The van der Waals surface area contributed by atoms with Gasteiger partial charge in [-0.3, -0.25) is 4.68 Å². The summed E-state index contributed by atoms with van der Waals surface area (Å²) in [5.74, 6) is -2.03. The third-order valence-electron chi connectivity index (χ3n) is 2.69. The molecule has 3 nitrogen and oxygen atoms in total. The fraction of sp³-hybridized carbons (Fsp3) is 0.667. The number of alkyl halides is 2. The molecule has 0 bridgehead atoms. The van der Waals surface area contributed by atoms with Gasteiger partial charge >= 0.3 is 0 Å². The van der Waals surface area contributed by atoms with Crippen LogP contribution in [0.4, 0.5) is 14.6 Å². The molecular formula is C9H13F2N3. The maximum Gasteiger partial charge on any atom is 0.248 e. The van der Waals surface area contributed by atoms with Gasteiger partial charge in [-0.2, -0.15) is 5.10 Å². The molecule has 0 saturated heterocycles. The van der Waals surface area contributed by atoms with Crippen LogP contribution in [0.3, 0.4) is 0 Å². The molecule has 0 spiro atoms. The summed E-state index contributed by atoms with van der Waals surface area (Å²) in [5.41, 5.74) is 5.46. The Morgan fingerprint density at radius 1 is 1.43 bits per heavy atom. The zero-order valence-electron chi connectivity index (χ0n) is 7.79. The van der Waals surface area contributed by atoms with Crippen LogP contribution >= 0.6 is 0 Å². The molecule has 1 aliphatic carbocycles. The van der Waals surface area contributed by atoms with Crippen LogP contribution in [-0.2, 0) is 0 Å². The summed E-state index contributed by atoms with van der Waals surface area (Å²) in [6, 6.07) is 1.78. The number of hydrogen-bond donors (Lipinski definition) is 1. The second-order valence-corrected chi connectivity index (χ2v) is 3.81. The number of nitrogens with two attached hydrogens (primary N) is 1. The fourth-order valence-corrected chi connectivity index (χ4v) is 1.85. The summed E-state index contributed by atoms with van der Waals surface area (Å²) in [7, 11) is 0. The van der Waals surface area contributed by atoms with E-state index in [1.807, 2.05) is 0 Å². The fourth-order valence-electron chi connectivity index (χ4n) is 1.85. The van der Waals surface area contributed by atoms with E-state index in [1.165, 1.54) is 0 Å². The number of aromatic nitrogens is 2. The lowest BCUT2D eigenvalue weighted by atomic mass is 9.92. The monoisotopic (exact) mass is 201 g/mol. The number of hydrogen-bond acceptors (Lipinski definition) is 2. The third kappa shape index (κ3) is 1.86. The lowest BCUT2D eigenvalue weighted by Gasteiger charge is -2.28. The predicted octanol–water partition coefficient (Wildman–Crippen LogP) is 2.22. The second kappa shape index (κ2) is 3.22. The van der Waals surface area contributed by atoms with Crippen molar-refractivity contribution in [2.75, 3.05) is 5.73 Å². The Labute approximate surface area is 80.9 Å². The topological polar surface area (TPSA) is 43.8 Å². The minimum atomic E-state index is -2.48. The summed E-state index contributed by atoms with van der Waals surface area (Å²) in [6.07, 6.45) is 2.63. The number of rotatable bonds is 1. The lowest BCUT2D eigenvalue weighted by molar-refractivity contribution is -0.0449. The number of halogens is 2. The average Bonchev–Trinajstić information content (AvgIpc) is 2.52. The van der Waals surface area contributed by atoms with Gasteiger partial charge < -0.3 is 5.73 Å². The largest absolute Gasteiger partial charge is 0.382 e. The molecule has 1 fully saturated rings. The Hall–Kier alpha value is -1.13. The number of anilines is 1. The van der Waals surface area contributed by atoms with Crippen LogP contribution in [0.1, 0.15) is 31.7 Å². The SMILES string of the molecule is Nc1ccn(C2CCC(F)(F)CC2)n1. The van der Waals surface area contributed by atoms with Crippen LogP contribution < -0.4 is 5.73 Å². The summed E-state index contributed by atoms with van der Waals surface area (Å²) in [4.78, 5) is 0. The number of nitrogen functional groups attached to an aromatic ring is 1. The van der Waals surface area contributed by atoms with Crippen LogP contribution in [0.2, 0.25) is 0 Å². The van der Waals surface area contributed by atoms with Gasteiger partial charge in [-0.15, -0.1) is 0 Å². The average molecular weight is 201 g/mol. The molecule has 78 valence electrons. The molecular weight excluding hydrogens is 188 g/mol. The van der Waals surface area contributed by atoms with Crippen molar-refractivity contribution < 1.29 is 8.78 Å². The van der Waals surface area contributed by atoms with Gasteiger partial charge in [0, 0.05) is 19.0 Å². The van der Waals surface area contributed by atoms with Crippen molar-refractivity contribution in [3.05, 3.63) is 12.3 Å². The zero-order chi connectivity index (χ0) is 10.2. The molecule has 1 aromatic heterocycles. The number of nitrogens with zero attached hydrogens (tertiary/aromatic N) is 2. The highest BCUT2D eigenvalue weighted by molar-refractivity contribution is 5.24. The zero-order valence-corrected chi connectivity index (χ0v) is 7.79. The summed E-state index contributed by atoms with van der Waals surface area (Å²) in [6.45, 7) is 0. The van der Waals surface area contributed by atoms with E-state index in [0.717, 1.165) is 0 Å². The molecule has 1 heterocycles. The normalized spacial score (nSPS) is 22.4. The van der Waals surface area contributed by atoms with Gasteiger partial charge in [0.05, 0.1) is 6.04 Å². The maximum absolute atomic E-state index is 12.8. The molecule has 0 aliphatic heterocycles. The van der Waals surface area contributed by atoms with Gasteiger partial charge in [0.1, 0.15) is 5.82 Å². The van der Waals surface area contributed by atoms with E-state index < -0.39 is 5.92 Å². The Bertz CT molecular complexity index is 312. The highest BCUT2D eigenvalue weighted by Crippen LogP contribution is 2.38. The molecule has 1 saturated carbocycles. The molecule has 0 unspecified atom stereocenters. The Morgan fingerprint density at radius 2 is 2.07 bits per heavy atom. The summed E-state index contributed by atoms with van der Waals surface area (Å²) >= 11 is 0. The van der Waals surface area contributed by atoms with Gasteiger partial charge in [-0.25, -0.2) is 8.78 Å². The standard InChI is InChI=1S/C9H13F2N3/c10-9(11)4-1-7(2-5-9)14-6-3-8(12)13-14/h3,6-7H,1-2,4-5H2,(H2,12,13). The van der Waals surface area contributed by atoms with Gasteiger partial charge in [-0.05, 0) is 18.9 Å². The van der Waals surface area contributed by atoms with Crippen molar-refractivity contribution in [3.63, 3.8) is 0 Å². The Kier molecular flexibility index (Phi) is 2.17. The van der Waals surface area contributed by atoms with Gasteiger partial charge in [0.2, 0.25) is 5.92 Å². The van der Waals surface area contributed by atoms with Crippen molar-refractivity contribution in [2.45, 2.75) is 37.6 Å². The first-order valence-corrected chi connectivity index (χ1v) is 4.75. The van der Waals surface area contributed by atoms with Crippen LogP contribution in [0, 0.1) is 0 Å². The molecule has 1 aromatic rings. The molecule has 14 heavy (non-hydrogen) atoms. The van der Waals surface area contributed by atoms with Crippen LogP contribution in [0.5, 0.6) is 0 Å². The minimum absolute atomic E-state index is 0.0442. The van der Waals surface area contributed by atoms with Crippen molar-refractivity contribution in [1.82, 2.24) is 9.78 Å². The minimum Gasteiger partial charge on any atom is -0.382 e. The highest BCUT2D eigenvalue weighted by atomic mass is 19.3. The van der Waals surface area contributed by atoms with Crippen molar-refractivity contribution in [3.8, 4) is 0 Å². The third-order valence-corrected chi connectivity index (χ3v) is 2.69. The van der Waals surface area contributed by atoms with Gasteiger partial charge in [0.25, 0.3) is 0 Å². The van der Waals surface area contributed by atoms with E-state index in [4.69, 9.17) is 5.73 Å². The molecule has 0 aromatic carbocycles. The molecule has 0 amide bonds. The van der Waals surface area contributed by atoms with E-state index in [9.17, 15) is 8.78 Å². The van der Waals surface area contributed by atoms with E-state index in [2.05, 4.69) is 5.10 Å². The van der Waals surface area contributed by atoms with Crippen molar-refractivity contribution in [1.29, 1.82) is 0 Å². The van der Waals surface area contributed by atoms with Gasteiger partial charge in [-0.1, -0.05) is 0 Å². The lowest BCUT2D eigenvalue weighted by Crippen LogP contribution is -2.26. The van der Waals surface area contributed by atoms with Gasteiger partial charge in [0.15, 0.2) is 0 Å². The highest BCUT2D eigenvalue weighted by Gasteiger charge is 2.35. The smallest absolute Gasteiger partial charge is 0.248 e. The first kappa shape index (κ1) is 9.43. The molecule has 2 rings (SSSR count). The molecule has 1 aliphatic rings. The second-order valence-electron chi connectivity index (χ2n) is 3.81. The van der Waals surface area contributed by atoms with Crippen LogP contribution in [0.25, 0.3) is 0 Å². The molecule has 5 heteroatoms. The quantitative estimate of drug-likeness (QED) is 0.757. The van der Waals surface area contributed by atoms with Crippen molar-refractivity contribution >= 4 is 5.82 Å². The van der Waals surface area contributed by atoms with E-state index >= 15 is 0 Å². The van der Waals surface area contributed by atoms with E-state index in [0.29, 0.717) is 18.7 Å². The first-order valence-electron chi connectivity index (χ1n) is 4.75. The van der Waals surface area contributed by atoms with Crippen molar-refractivity contribution in [2.24, 2.45) is 0 Å². The molecule has 0 atom stereocenters. The molecule has 2 N–H and O–H groups in total. The summed E-state index contributed by atoms with van der Waals surface area (Å²) < 4.78 is 27.4. The first-order chi connectivity index (χ1) is 6.57. The maximum atomic E-state index is 12.8. The Morgan fingerprint density at radius 3 is 2.57 bits per heavy atom. The molecule has 0 radical (unpaired) electrons. The Balaban J connectivity index is 2.02. The predicted molar refractivity (Wildman–Crippen MR) is 49.1 cm³/mol. The summed E-state index contributed by atoms with van der Waals surface area (Å²) in [5, 5.41) is 4.03. The van der Waals surface area contributed by atoms with E-state index in [1.54, 1.807) is 16.9 Å². The van der Waals surface area contributed by atoms with E-state index in [-0.39, 0.29) is 18.9 Å². The van der Waals surface area contributed by atoms with Crippen LogP contribution in [-0.4, -0.2) is 15.7 Å².